The number of fused-ring (bicyclic) bond motifs is 1. The Hall–Kier alpha value is -3.79. The lowest BCUT2D eigenvalue weighted by Gasteiger charge is -2.23. The van der Waals surface area contributed by atoms with Crippen LogP contribution in [0.25, 0.3) is 0 Å². The molecule has 32 heavy (non-hydrogen) atoms. The lowest BCUT2D eigenvalue weighted by Crippen LogP contribution is -2.38. The van der Waals surface area contributed by atoms with Gasteiger partial charge in [-0.05, 0) is 5.56 Å². The van der Waals surface area contributed by atoms with Gasteiger partial charge in [-0.15, -0.1) is 0 Å². The average molecular weight is 436 g/mol. The molecule has 0 bridgehead atoms. The van der Waals surface area contributed by atoms with Crippen molar-refractivity contribution in [3.8, 4) is 5.75 Å². The standard InChI is InChI=1S/C22H24N6O4/c1-28-19(21(29)25-9-14-6-4-3-5-7-14)17-8-15(32-13-18(17)27-28)10-26-22(30)20-23-11-16(31-2)12-24-20/h3-7,11-12,15H,8-10,13H2,1-2H3,(H,25,29)(H,26,30). The summed E-state index contributed by atoms with van der Waals surface area (Å²) in [6.45, 7) is 0.958. The Morgan fingerprint density at radius 3 is 2.62 bits per heavy atom. The van der Waals surface area contributed by atoms with Crippen LogP contribution in [0.1, 0.15) is 37.9 Å². The van der Waals surface area contributed by atoms with E-state index in [0.29, 0.717) is 24.4 Å². The van der Waals surface area contributed by atoms with Gasteiger partial charge in [-0.25, -0.2) is 9.97 Å². The summed E-state index contributed by atoms with van der Waals surface area (Å²) >= 11 is 0. The van der Waals surface area contributed by atoms with Crippen molar-refractivity contribution in [2.24, 2.45) is 7.05 Å². The second kappa shape index (κ2) is 9.56. The van der Waals surface area contributed by atoms with Gasteiger partial charge in [0.05, 0.1) is 37.9 Å². The topological polar surface area (TPSA) is 120 Å². The Morgan fingerprint density at radius 2 is 1.91 bits per heavy atom. The zero-order chi connectivity index (χ0) is 22.5. The molecular weight excluding hydrogens is 412 g/mol. The van der Waals surface area contributed by atoms with Crippen molar-refractivity contribution < 1.29 is 19.1 Å². The molecule has 1 aliphatic rings. The van der Waals surface area contributed by atoms with E-state index in [9.17, 15) is 9.59 Å². The molecule has 10 nitrogen and oxygen atoms in total. The molecule has 1 unspecified atom stereocenters. The smallest absolute Gasteiger partial charge is 0.289 e. The molecule has 1 atom stereocenters. The molecule has 2 aromatic heterocycles. The Balaban J connectivity index is 1.38. The van der Waals surface area contributed by atoms with Gasteiger partial charge in [-0.2, -0.15) is 5.10 Å². The quantitative estimate of drug-likeness (QED) is 0.567. The molecule has 1 aromatic carbocycles. The molecule has 166 valence electrons. The fraction of sp³-hybridized carbons (Fsp3) is 0.318. The van der Waals surface area contributed by atoms with Crippen LogP contribution in [0.15, 0.2) is 42.7 Å². The van der Waals surface area contributed by atoms with Crippen LogP contribution >= 0.6 is 0 Å². The van der Waals surface area contributed by atoms with E-state index in [-0.39, 0.29) is 31.0 Å². The Bertz CT molecular complexity index is 1100. The van der Waals surface area contributed by atoms with Gasteiger partial charge < -0.3 is 20.1 Å². The van der Waals surface area contributed by atoms with Crippen molar-refractivity contribution in [3.63, 3.8) is 0 Å². The molecule has 0 spiro atoms. The molecule has 0 saturated carbocycles. The first-order valence-corrected chi connectivity index (χ1v) is 10.2. The van der Waals surface area contributed by atoms with Gasteiger partial charge in [-0.1, -0.05) is 30.3 Å². The molecule has 3 aromatic rings. The predicted octanol–water partition coefficient (Wildman–Crippen LogP) is 1.02. The van der Waals surface area contributed by atoms with Gasteiger partial charge >= 0.3 is 0 Å². The van der Waals surface area contributed by atoms with E-state index in [2.05, 4.69) is 25.7 Å². The fourth-order valence-corrected chi connectivity index (χ4v) is 3.54. The molecule has 0 aliphatic carbocycles. The van der Waals surface area contributed by atoms with Crippen LogP contribution in [-0.2, 0) is 31.4 Å². The Kier molecular flexibility index (Phi) is 6.41. The third-order valence-electron chi connectivity index (χ3n) is 5.18. The van der Waals surface area contributed by atoms with Gasteiger partial charge in [0.2, 0.25) is 5.82 Å². The number of amides is 2. The van der Waals surface area contributed by atoms with Crippen molar-refractivity contribution in [2.75, 3.05) is 13.7 Å². The number of hydrogen-bond donors (Lipinski definition) is 2. The number of carbonyl (C=O) groups excluding carboxylic acids is 2. The second-order valence-corrected chi connectivity index (χ2v) is 7.36. The zero-order valence-electron chi connectivity index (χ0n) is 17.9. The SMILES string of the molecule is COc1cnc(C(=O)NCC2Cc3c(nn(C)c3C(=O)NCc3ccccc3)CO2)nc1. The summed E-state index contributed by atoms with van der Waals surface area (Å²) in [6, 6.07) is 9.71. The van der Waals surface area contributed by atoms with Crippen LogP contribution in [0.4, 0.5) is 0 Å². The third kappa shape index (κ3) is 4.75. The number of rotatable bonds is 7. The monoisotopic (exact) mass is 436 g/mol. The van der Waals surface area contributed by atoms with Crippen molar-refractivity contribution >= 4 is 11.8 Å². The Morgan fingerprint density at radius 1 is 1.16 bits per heavy atom. The maximum Gasteiger partial charge on any atom is 0.289 e. The van der Waals surface area contributed by atoms with Crippen LogP contribution < -0.4 is 15.4 Å². The van der Waals surface area contributed by atoms with Crippen LogP contribution in [-0.4, -0.2) is 51.3 Å². The predicted molar refractivity (Wildman–Crippen MR) is 114 cm³/mol. The number of nitrogens with zero attached hydrogens (tertiary/aromatic N) is 4. The maximum atomic E-state index is 12.9. The first-order chi connectivity index (χ1) is 15.5. The Labute approximate surface area is 185 Å². The molecule has 2 N–H and O–H groups in total. The fourth-order valence-electron chi connectivity index (χ4n) is 3.54. The number of aromatic nitrogens is 4. The van der Waals surface area contributed by atoms with Crippen molar-refractivity contribution in [2.45, 2.75) is 25.7 Å². The highest BCUT2D eigenvalue weighted by Crippen LogP contribution is 2.23. The number of hydrogen-bond acceptors (Lipinski definition) is 7. The van der Waals surface area contributed by atoms with Gasteiger partial charge in [0.15, 0.2) is 5.75 Å². The van der Waals surface area contributed by atoms with Crippen LogP contribution in [0.3, 0.4) is 0 Å². The van der Waals surface area contributed by atoms with Crippen LogP contribution in [0, 0.1) is 0 Å². The first kappa shape index (κ1) is 21.4. The number of carbonyl (C=O) groups is 2. The lowest BCUT2D eigenvalue weighted by atomic mass is 10.0. The molecule has 2 amide bonds. The minimum atomic E-state index is -0.408. The molecule has 0 saturated heterocycles. The minimum Gasteiger partial charge on any atom is -0.494 e. The van der Waals surface area contributed by atoms with Crippen LogP contribution in [0.5, 0.6) is 5.75 Å². The molecule has 4 rings (SSSR count). The summed E-state index contributed by atoms with van der Waals surface area (Å²) in [4.78, 5) is 33.2. The summed E-state index contributed by atoms with van der Waals surface area (Å²) in [6.07, 6.45) is 3.03. The number of methoxy groups -OCH3 is 1. The number of ether oxygens (including phenoxy) is 2. The molecule has 10 heteroatoms. The summed E-state index contributed by atoms with van der Waals surface area (Å²) in [7, 11) is 3.25. The first-order valence-electron chi connectivity index (χ1n) is 10.2. The molecule has 0 fully saturated rings. The average Bonchev–Trinajstić information content (AvgIpc) is 3.16. The van der Waals surface area contributed by atoms with Crippen molar-refractivity contribution in [3.05, 3.63) is 71.1 Å². The summed E-state index contributed by atoms with van der Waals surface area (Å²) in [5, 5.41) is 10.2. The van der Waals surface area contributed by atoms with Gasteiger partial charge in [-0.3, -0.25) is 14.3 Å². The summed E-state index contributed by atoms with van der Waals surface area (Å²) in [5.41, 5.74) is 3.10. The maximum absolute atomic E-state index is 12.9. The molecule has 0 radical (unpaired) electrons. The van der Waals surface area contributed by atoms with Gasteiger partial charge in [0.1, 0.15) is 5.69 Å². The largest absolute Gasteiger partial charge is 0.494 e. The number of benzene rings is 1. The van der Waals surface area contributed by atoms with E-state index in [1.165, 1.54) is 19.5 Å². The van der Waals surface area contributed by atoms with Crippen molar-refractivity contribution in [1.82, 2.24) is 30.4 Å². The summed E-state index contributed by atoms with van der Waals surface area (Å²) < 4.78 is 12.4. The van der Waals surface area contributed by atoms with Crippen molar-refractivity contribution in [1.29, 1.82) is 0 Å². The molecular formula is C22H24N6O4. The molecule has 1 aliphatic heterocycles. The highest BCUT2D eigenvalue weighted by atomic mass is 16.5. The second-order valence-electron chi connectivity index (χ2n) is 7.36. The van der Waals surface area contributed by atoms with E-state index in [1.807, 2.05) is 30.3 Å². The number of nitrogens with one attached hydrogen (secondary N) is 2. The lowest BCUT2D eigenvalue weighted by molar-refractivity contribution is 0.0264. The van der Waals surface area contributed by atoms with Gasteiger partial charge in [0.25, 0.3) is 11.8 Å². The third-order valence-corrected chi connectivity index (χ3v) is 5.18. The van der Waals surface area contributed by atoms with E-state index in [0.717, 1.165) is 16.8 Å². The summed E-state index contributed by atoms with van der Waals surface area (Å²) in [5.74, 6) is -0.0838. The zero-order valence-corrected chi connectivity index (χ0v) is 17.9. The molecule has 3 heterocycles. The highest BCUT2D eigenvalue weighted by molar-refractivity contribution is 5.94. The minimum absolute atomic E-state index is 0.0460. The normalized spacial score (nSPS) is 15.0. The van der Waals surface area contributed by atoms with Gasteiger partial charge in [0, 0.05) is 32.1 Å². The van der Waals surface area contributed by atoms with E-state index < -0.39 is 5.91 Å². The number of aryl methyl sites for hydroxylation is 1. The van der Waals surface area contributed by atoms with E-state index in [4.69, 9.17) is 9.47 Å². The van der Waals surface area contributed by atoms with E-state index in [1.54, 1.807) is 11.7 Å². The van der Waals surface area contributed by atoms with E-state index >= 15 is 0 Å². The van der Waals surface area contributed by atoms with Crippen LogP contribution in [0.2, 0.25) is 0 Å². The highest BCUT2D eigenvalue weighted by Gasteiger charge is 2.29.